The van der Waals surface area contributed by atoms with Crippen molar-refractivity contribution in [2.45, 2.75) is 26.5 Å². The predicted molar refractivity (Wildman–Crippen MR) is 109 cm³/mol. The molecule has 3 rings (SSSR count). The molecule has 8 heteroatoms. The van der Waals surface area contributed by atoms with Gasteiger partial charge in [-0.15, -0.1) is 0 Å². The Labute approximate surface area is 170 Å². The van der Waals surface area contributed by atoms with Gasteiger partial charge in [-0.1, -0.05) is 44.2 Å². The molecule has 0 saturated carbocycles. The minimum Gasteiger partial charge on any atom is -0.445 e. The van der Waals surface area contributed by atoms with Crippen LogP contribution in [0.2, 0.25) is 0 Å². The molecule has 0 bridgehead atoms. The number of alkyl carbamates (subject to hydrolysis) is 1. The lowest BCUT2D eigenvalue weighted by Gasteiger charge is -2.37. The lowest BCUT2D eigenvalue weighted by Crippen LogP contribution is -2.56. The minimum absolute atomic E-state index is 0.0535. The van der Waals surface area contributed by atoms with Crippen molar-refractivity contribution in [3.63, 3.8) is 0 Å². The Bertz CT molecular complexity index is 792. The number of benzene rings is 1. The number of hydrogen-bond acceptors (Lipinski definition) is 6. The summed E-state index contributed by atoms with van der Waals surface area (Å²) in [6.45, 7) is 6.41. The molecule has 1 atom stereocenters. The fourth-order valence-corrected chi connectivity index (χ4v) is 3.18. The molecule has 1 fully saturated rings. The van der Waals surface area contributed by atoms with E-state index in [-0.39, 0.29) is 18.4 Å². The Hall–Kier alpha value is -3.16. The van der Waals surface area contributed by atoms with E-state index in [9.17, 15) is 9.59 Å². The summed E-state index contributed by atoms with van der Waals surface area (Å²) in [5.41, 5.74) is 0.898. The van der Waals surface area contributed by atoms with Crippen LogP contribution in [0.3, 0.4) is 0 Å². The van der Waals surface area contributed by atoms with Gasteiger partial charge in [0.25, 0.3) is 0 Å². The third-order valence-electron chi connectivity index (χ3n) is 4.85. The van der Waals surface area contributed by atoms with Crippen molar-refractivity contribution >= 4 is 17.9 Å². The number of hydrogen-bond donors (Lipinski definition) is 1. The van der Waals surface area contributed by atoms with Crippen molar-refractivity contribution < 1.29 is 14.3 Å². The third kappa shape index (κ3) is 5.66. The van der Waals surface area contributed by atoms with E-state index in [1.807, 2.05) is 44.2 Å². The number of aromatic nitrogens is 2. The van der Waals surface area contributed by atoms with Crippen LogP contribution in [0, 0.1) is 5.92 Å². The zero-order valence-electron chi connectivity index (χ0n) is 16.8. The third-order valence-corrected chi connectivity index (χ3v) is 4.85. The first-order valence-corrected chi connectivity index (χ1v) is 9.82. The Morgan fingerprint density at radius 2 is 1.69 bits per heavy atom. The molecule has 0 aliphatic carbocycles. The summed E-state index contributed by atoms with van der Waals surface area (Å²) in [4.78, 5) is 37.6. The maximum atomic E-state index is 13.0. The maximum Gasteiger partial charge on any atom is 0.408 e. The monoisotopic (exact) mass is 397 g/mol. The SMILES string of the molecule is CC(C)[C@H](NC(=O)OCc1ccccc1)C(=O)N1CCN(c2ncccn2)CC1. The Balaban J connectivity index is 1.52. The van der Waals surface area contributed by atoms with Crippen molar-refractivity contribution in [3.05, 3.63) is 54.4 Å². The first-order chi connectivity index (χ1) is 14.0. The second-order valence-corrected chi connectivity index (χ2v) is 7.29. The van der Waals surface area contributed by atoms with Gasteiger partial charge in [0.1, 0.15) is 12.6 Å². The van der Waals surface area contributed by atoms with Gasteiger partial charge in [0.05, 0.1) is 0 Å². The van der Waals surface area contributed by atoms with E-state index < -0.39 is 12.1 Å². The van der Waals surface area contributed by atoms with Crippen molar-refractivity contribution in [2.75, 3.05) is 31.1 Å². The van der Waals surface area contributed by atoms with E-state index in [0.717, 1.165) is 5.56 Å². The number of nitrogens with one attached hydrogen (secondary N) is 1. The van der Waals surface area contributed by atoms with Crippen molar-refractivity contribution in [2.24, 2.45) is 5.92 Å². The lowest BCUT2D eigenvalue weighted by molar-refractivity contribution is -0.134. The maximum absolute atomic E-state index is 13.0. The van der Waals surface area contributed by atoms with Crippen LogP contribution in [0.15, 0.2) is 48.8 Å². The molecule has 2 amide bonds. The first-order valence-electron chi connectivity index (χ1n) is 9.82. The van der Waals surface area contributed by atoms with E-state index in [4.69, 9.17) is 4.74 Å². The Kier molecular flexibility index (Phi) is 6.99. The van der Waals surface area contributed by atoms with Crippen LogP contribution in [0.4, 0.5) is 10.7 Å². The summed E-state index contributed by atoms with van der Waals surface area (Å²) < 4.78 is 5.28. The molecule has 2 aromatic rings. The standard InChI is InChI=1S/C21H27N5O3/c1-16(2)18(24-21(28)29-15-17-7-4-3-5-8-17)19(27)25-11-13-26(14-12-25)20-22-9-6-10-23-20/h3-10,16,18H,11-15H2,1-2H3,(H,24,28)/t18-/m0/s1. The number of nitrogens with zero attached hydrogens (tertiary/aromatic N) is 4. The average molecular weight is 397 g/mol. The van der Waals surface area contributed by atoms with E-state index in [0.29, 0.717) is 32.1 Å². The van der Waals surface area contributed by atoms with E-state index >= 15 is 0 Å². The molecular formula is C21H27N5O3. The van der Waals surface area contributed by atoms with Crippen LogP contribution >= 0.6 is 0 Å². The second kappa shape index (κ2) is 9.86. The molecule has 154 valence electrons. The van der Waals surface area contributed by atoms with Gasteiger partial charge in [-0.3, -0.25) is 4.79 Å². The molecule has 0 unspecified atom stereocenters. The molecule has 1 saturated heterocycles. The van der Waals surface area contributed by atoms with Gasteiger partial charge in [0.15, 0.2) is 0 Å². The summed E-state index contributed by atoms with van der Waals surface area (Å²) >= 11 is 0. The van der Waals surface area contributed by atoms with Gasteiger partial charge in [0.2, 0.25) is 11.9 Å². The van der Waals surface area contributed by atoms with Gasteiger partial charge < -0.3 is 19.9 Å². The molecule has 29 heavy (non-hydrogen) atoms. The Morgan fingerprint density at radius 3 is 2.31 bits per heavy atom. The number of anilines is 1. The topological polar surface area (TPSA) is 87.7 Å². The zero-order chi connectivity index (χ0) is 20.6. The molecular weight excluding hydrogens is 370 g/mol. The van der Waals surface area contributed by atoms with Crippen LogP contribution < -0.4 is 10.2 Å². The molecule has 0 spiro atoms. The molecule has 2 heterocycles. The summed E-state index contributed by atoms with van der Waals surface area (Å²) in [6, 6.07) is 10.6. The number of rotatable bonds is 6. The molecule has 1 N–H and O–H groups in total. The highest BCUT2D eigenvalue weighted by Gasteiger charge is 2.31. The fraction of sp³-hybridized carbons (Fsp3) is 0.429. The van der Waals surface area contributed by atoms with Gasteiger partial charge >= 0.3 is 6.09 Å². The molecule has 0 radical (unpaired) electrons. The van der Waals surface area contributed by atoms with Gasteiger partial charge in [-0.05, 0) is 17.5 Å². The quantitative estimate of drug-likeness (QED) is 0.803. The summed E-state index contributed by atoms with van der Waals surface area (Å²) in [6.07, 6.45) is 2.83. The zero-order valence-corrected chi connectivity index (χ0v) is 16.8. The van der Waals surface area contributed by atoms with E-state index in [1.54, 1.807) is 23.4 Å². The number of piperazine rings is 1. The highest BCUT2D eigenvalue weighted by molar-refractivity contribution is 5.86. The number of amides is 2. The summed E-state index contributed by atoms with van der Waals surface area (Å²) in [5, 5.41) is 2.74. The summed E-state index contributed by atoms with van der Waals surface area (Å²) in [5.74, 6) is 0.523. The minimum atomic E-state index is -0.627. The molecule has 1 aliphatic heterocycles. The highest BCUT2D eigenvalue weighted by atomic mass is 16.5. The largest absolute Gasteiger partial charge is 0.445 e. The lowest BCUT2D eigenvalue weighted by atomic mass is 10.0. The van der Waals surface area contributed by atoms with Gasteiger partial charge in [-0.2, -0.15) is 0 Å². The predicted octanol–water partition coefficient (Wildman–Crippen LogP) is 2.08. The van der Waals surface area contributed by atoms with Crippen molar-refractivity contribution in [1.29, 1.82) is 0 Å². The number of carbonyl (C=O) groups excluding carboxylic acids is 2. The van der Waals surface area contributed by atoms with Crippen LogP contribution in [-0.2, 0) is 16.1 Å². The fourth-order valence-electron chi connectivity index (χ4n) is 3.18. The average Bonchev–Trinajstić information content (AvgIpc) is 2.77. The van der Waals surface area contributed by atoms with Crippen molar-refractivity contribution in [3.8, 4) is 0 Å². The molecule has 1 aromatic heterocycles. The summed E-state index contributed by atoms with van der Waals surface area (Å²) in [7, 11) is 0. The number of carbonyl (C=O) groups is 2. The van der Waals surface area contributed by atoms with Crippen LogP contribution in [0.5, 0.6) is 0 Å². The van der Waals surface area contributed by atoms with Crippen LogP contribution in [-0.4, -0.2) is 59.1 Å². The first kappa shape index (κ1) is 20.6. The van der Waals surface area contributed by atoms with Gasteiger partial charge in [-0.25, -0.2) is 14.8 Å². The number of ether oxygens (including phenoxy) is 1. The second-order valence-electron chi connectivity index (χ2n) is 7.29. The molecule has 8 nitrogen and oxygen atoms in total. The van der Waals surface area contributed by atoms with Crippen molar-refractivity contribution in [1.82, 2.24) is 20.2 Å². The Morgan fingerprint density at radius 1 is 1.03 bits per heavy atom. The normalized spacial score (nSPS) is 15.1. The molecule has 1 aromatic carbocycles. The van der Waals surface area contributed by atoms with Crippen LogP contribution in [0.1, 0.15) is 19.4 Å². The smallest absolute Gasteiger partial charge is 0.408 e. The molecule has 1 aliphatic rings. The van der Waals surface area contributed by atoms with Crippen LogP contribution in [0.25, 0.3) is 0 Å². The van der Waals surface area contributed by atoms with Gasteiger partial charge in [0, 0.05) is 38.6 Å². The highest BCUT2D eigenvalue weighted by Crippen LogP contribution is 2.13. The van der Waals surface area contributed by atoms with E-state index in [2.05, 4.69) is 20.2 Å². The van der Waals surface area contributed by atoms with E-state index in [1.165, 1.54) is 0 Å².